The van der Waals surface area contributed by atoms with E-state index in [9.17, 15) is 0 Å². The van der Waals surface area contributed by atoms with Gasteiger partial charge in [-0.05, 0) is 31.6 Å². The van der Waals surface area contributed by atoms with Crippen LogP contribution in [0, 0.1) is 5.92 Å². The average Bonchev–Trinajstić information content (AvgIpc) is 2.78. The SMILES string of the molecule is CCCn1ccnc1NC1CCC(C)C1. The van der Waals surface area contributed by atoms with Gasteiger partial charge in [0.25, 0.3) is 0 Å². The maximum atomic E-state index is 4.38. The van der Waals surface area contributed by atoms with Gasteiger partial charge in [-0.3, -0.25) is 0 Å². The van der Waals surface area contributed by atoms with Crippen molar-refractivity contribution in [2.24, 2.45) is 5.92 Å². The highest BCUT2D eigenvalue weighted by molar-refractivity contribution is 5.28. The lowest BCUT2D eigenvalue weighted by atomic mass is 10.1. The van der Waals surface area contributed by atoms with Gasteiger partial charge in [0.15, 0.2) is 0 Å². The summed E-state index contributed by atoms with van der Waals surface area (Å²) in [5.74, 6) is 1.92. The first-order chi connectivity index (χ1) is 7.29. The minimum Gasteiger partial charge on any atom is -0.353 e. The standard InChI is InChI=1S/C12H21N3/c1-3-7-15-8-6-13-12(15)14-11-5-4-10(2)9-11/h6,8,10-11H,3-5,7,9H2,1-2H3,(H,13,14). The molecule has 2 unspecified atom stereocenters. The monoisotopic (exact) mass is 207 g/mol. The van der Waals surface area contributed by atoms with Crippen LogP contribution >= 0.6 is 0 Å². The zero-order chi connectivity index (χ0) is 10.7. The first kappa shape index (κ1) is 10.5. The molecule has 3 nitrogen and oxygen atoms in total. The van der Waals surface area contributed by atoms with Crippen molar-refractivity contribution >= 4 is 5.95 Å². The fraction of sp³-hybridized carbons (Fsp3) is 0.750. The van der Waals surface area contributed by atoms with E-state index in [4.69, 9.17) is 0 Å². The molecule has 1 N–H and O–H groups in total. The fourth-order valence-electron chi connectivity index (χ4n) is 2.39. The van der Waals surface area contributed by atoms with Crippen molar-refractivity contribution in [3.63, 3.8) is 0 Å². The van der Waals surface area contributed by atoms with Crippen molar-refractivity contribution in [3.05, 3.63) is 12.4 Å². The summed E-state index contributed by atoms with van der Waals surface area (Å²) in [7, 11) is 0. The molecule has 1 fully saturated rings. The summed E-state index contributed by atoms with van der Waals surface area (Å²) < 4.78 is 2.21. The molecule has 0 saturated heterocycles. The molecule has 1 aromatic heterocycles. The Kier molecular flexibility index (Phi) is 3.29. The Morgan fingerprint density at radius 3 is 3.07 bits per heavy atom. The molecule has 1 heterocycles. The summed E-state index contributed by atoms with van der Waals surface area (Å²) in [6.45, 7) is 5.59. The molecule has 1 saturated carbocycles. The van der Waals surface area contributed by atoms with Gasteiger partial charge in [-0.25, -0.2) is 4.98 Å². The van der Waals surface area contributed by atoms with Crippen LogP contribution in [0.4, 0.5) is 5.95 Å². The first-order valence-corrected chi connectivity index (χ1v) is 6.07. The summed E-state index contributed by atoms with van der Waals surface area (Å²) in [5.41, 5.74) is 0. The van der Waals surface area contributed by atoms with Crippen LogP contribution < -0.4 is 5.32 Å². The summed E-state index contributed by atoms with van der Waals surface area (Å²) in [5, 5.41) is 3.56. The topological polar surface area (TPSA) is 29.9 Å². The molecule has 1 aromatic rings. The zero-order valence-electron chi connectivity index (χ0n) is 9.74. The third kappa shape index (κ3) is 2.52. The van der Waals surface area contributed by atoms with E-state index in [0.29, 0.717) is 6.04 Å². The first-order valence-electron chi connectivity index (χ1n) is 6.07. The van der Waals surface area contributed by atoms with E-state index in [1.54, 1.807) is 0 Å². The van der Waals surface area contributed by atoms with E-state index in [2.05, 4.69) is 34.9 Å². The van der Waals surface area contributed by atoms with Gasteiger partial charge in [-0.1, -0.05) is 13.8 Å². The van der Waals surface area contributed by atoms with Crippen LogP contribution in [-0.2, 0) is 6.54 Å². The Morgan fingerprint density at radius 2 is 2.40 bits per heavy atom. The van der Waals surface area contributed by atoms with Crippen molar-refractivity contribution < 1.29 is 0 Å². The number of nitrogens with one attached hydrogen (secondary N) is 1. The molecule has 2 atom stereocenters. The highest BCUT2D eigenvalue weighted by Crippen LogP contribution is 2.26. The molecule has 84 valence electrons. The predicted molar refractivity (Wildman–Crippen MR) is 62.9 cm³/mol. The second-order valence-electron chi connectivity index (χ2n) is 4.70. The largest absolute Gasteiger partial charge is 0.353 e. The van der Waals surface area contributed by atoms with Gasteiger partial charge in [0.1, 0.15) is 0 Å². The Morgan fingerprint density at radius 1 is 1.53 bits per heavy atom. The van der Waals surface area contributed by atoms with Crippen LogP contribution in [0.5, 0.6) is 0 Å². The fourth-order valence-corrected chi connectivity index (χ4v) is 2.39. The predicted octanol–water partition coefficient (Wildman–Crippen LogP) is 2.89. The molecular weight excluding hydrogens is 186 g/mol. The van der Waals surface area contributed by atoms with E-state index in [-0.39, 0.29) is 0 Å². The Hall–Kier alpha value is -0.990. The van der Waals surface area contributed by atoms with Gasteiger partial charge >= 0.3 is 0 Å². The molecule has 0 aliphatic heterocycles. The van der Waals surface area contributed by atoms with Gasteiger partial charge in [-0.2, -0.15) is 0 Å². The van der Waals surface area contributed by atoms with E-state index in [1.165, 1.54) is 19.3 Å². The van der Waals surface area contributed by atoms with Gasteiger partial charge in [0.2, 0.25) is 5.95 Å². The van der Waals surface area contributed by atoms with Crippen molar-refractivity contribution in [1.82, 2.24) is 9.55 Å². The van der Waals surface area contributed by atoms with Crippen LogP contribution in [0.15, 0.2) is 12.4 Å². The molecule has 0 bridgehead atoms. The second kappa shape index (κ2) is 4.69. The maximum absolute atomic E-state index is 4.38. The van der Waals surface area contributed by atoms with Crippen molar-refractivity contribution in [2.75, 3.05) is 5.32 Å². The molecule has 2 rings (SSSR count). The van der Waals surface area contributed by atoms with E-state index in [0.717, 1.165) is 24.8 Å². The lowest BCUT2D eigenvalue weighted by Gasteiger charge is -2.14. The van der Waals surface area contributed by atoms with Crippen LogP contribution in [0.1, 0.15) is 39.5 Å². The molecule has 1 aliphatic rings. The zero-order valence-corrected chi connectivity index (χ0v) is 9.74. The molecule has 0 aromatic carbocycles. The van der Waals surface area contributed by atoms with Gasteiger partial charge in [-0.15, -0.1) is 0 Å². The lowest BCUT2D eigenvalue weighted by Crippen LogP contribution is -2.18. The Bertz CT molecular complexity index is 306. The summed E-state index contributed by atoms with van der Waals surface area (Å²) in [6.07, 6.45) is 9.04. The molecule has 1 aliphatic carbocycles. The minimum absolute atomic E-state index is 0.637. The third-order valence-corrected chi connectivity index (χ3v) is 3.21. The van der Waals surface area contributed by atoms with Crippen molar-refractivity contribution in [1.29, 1.82) is 0 Å². The van der Waals surface area contributed by atoms with Crippen molar-refractivity contribution in [2.45, 2.75) is 52.1 Å². The average molecular weight is 207 g/mol. The van der Waals surface area contributed by atoms with E-state index in [1.807, 2.05) is 6.20 Å². The number of aryl methyl sites for hydroxylation is 1. The number of imidazole rings is 1. The number of aromatic nitrogens is 2. The van der Waals surface area contributed by atoms with E-state index < -0.39 is 0 Å². The second-order valence-corrected chi connectivity index (χ2v) is 4.70. The number of hydrogen-bond donors (Lipinski definition) is 1. The molecular formula is C12H21N3. The van der Waals surface area contributed by atoms with E-state index >= 15 is 0 Å². The molecule has 3 heteroatoms. The smallest absolute Gasteiger partial charge is 0.202 e. The third-order valence-electron chi connectivity index (χ3n) is 3.21. The summed E-state index contributed by atoms with van der Waals surface area (Å²) in [4.78, 5) is 4.38. The van der Waals surface area contributed by atoms with Crippen LogP contribution in [0.3, 0.4) is 0 Å². The number of rotatable bonds is 4. The highest BCUT2D eigenvalue weighted by atomic mass is 15.2. The van der Waals surface area contributed by atoms with Gasteiger partial charge in [0.05, 0.1) is 0 Å². The quantitative estimate of drug-likeness (QED) is 0.822. The number of anilines is 1. The molecule has 0 spiro atoms. The van der Waals surface area contributed by atoms with Crippen molar-refractivity contribution in [3.8, 4) is 0 Å². The minimum atomic E-state index is 0.637. The van der Waals surface area contributed by atoms with Crippen LogP contribution in [-0.4, -0.2) is 15.6 Å². The van der Waals surface area contributed by atoms with Crippen LogP contribution in [0.25, 0.3) is 0 Å². The van der Waals surface area contributed by atoms with Gasteiger partial charge in [0, 0.05) is 25.0 Å². The Balaban J connectivity index is 1.95. The number of nitrogens with zero attached hydrogens (tertiary/aromatic N) is 2. The molecule has 0 amide bonds. The lowest BCUT2D eigenvalue weighted by molar-refractivity contribution is 0.598. The molecule has 15 heavy (non-hydrogen) atoms. The van der Waals surface area contributed by atoms with Gasteiger partial charge < -0.3 is 9.88 Å². The highest BCUT2D eigenvalue weighted by Gasteiger charge is 2.21. The number of hydrogen-bond acceptors (Lipinski definition) is 2. The summed E-state index contributed by atoms with van der Waals surface area (Å²) in [6, 6.07) is 0.637. The molecule has 0 radical (unpaired) electrons. The normalized spacial score (nSPS) is 25.7. The maximum Gasteiger partial charge on any atom is 0.202 e. The summed E-state index contributed by atoms with van der Waals surface area (Å²) >= 11 is 0. The Labute approximate surface area is 91.9 Å². The van der Waals surface area contributed by atoms with Crippen LogP contribution in [0.2, 0.25) is 0 Å².